The smallest absolute Gasteiger partial charge is 0.248 e. The highest BCUT2D eigenvalue weighted by atomic mass is 35.6. The van der Waals surface area contributed by atoms with E-state index in [-0.39, 0.29) is 11.7 Å². The fourth-order valence-corrected chi connectivity index (χ4v) is 0.982. The third-order valence-corrected chi connectivity index (χ3v) is 1.36. The highest BCUT2D eigenvalue weighted by Crippen LogP contribution is 2.29. The second-order valence-corrected chi connectivity index (χ2v) is 4.30. The van der Waals surface area contributed by atoms with Gasteiger partial charge < -0.3 is 0 Å². The van der Waals surface area contributed by atoms with Gasteiger partial charge in [0.2, 0.25) is 3.79 Å². The minimum Gasteiger partial charge on any atom is -0.295 e. The molecule has 0 aliphatic carbocycles. The second kappa shape index (κ2) is 3.09. The highest BCUT2D eigenvalue weighted by Gasteiger charge is 2.31. The summed E-state index contributed by atoms with van der Waals surface area (Å²) in [6, 6.07) is 0. The van der Waals surface area contributed by atoms with Crippen LogP contribution in [-0.2, 0) is 4.79 Å². The molecule has 0 unspecified atom stereocenters. The Morgan fingerprint density at radius 3 is 1.67 bits per heavy atom. The van der Waals surface area contributed by atoms with Crippen LogP contribution in [0.25, 0.3) is 0 Å². The fourth-order valence-electron chi connectivity index (χ4n) is 0.327. The molecular formula is C5H7Cl3O. The molecule has 0 aromatic heterocycles. The predicted molar refractivity (Wildman–Crippen MR) is 40.1 cm³/mol. The lowest BCUT2D eigenvalue weighted by Crippen LogP contribution is -2.23. The summed E-state index contributed by atoms with van der Waals surface area (Å²) >= 11 is 15.8. The van der Waals surface area contributed by atoms with Gasteiger partial charge >= 0.3 is 0 Å². The third kappa shape index (κ3) is 3.29. The molecule has 0 amide bonds. The Balaban J connectivity index is 4.06. The van der Waals surface area contributed by atoms with Gasteiger partial charge in [-0.3, -0.25) is 4.79 Å². The van der Waals surface area contributed by atoms with Crippen molar-refractivity contribution >= 4 is 40.6 Å². The summed E-state index contributed by atoms with van der Waals surface area (Å²) in [5, 5.41) is 0. The summed E-state index contributed by atoms with van der Waals surface area (Å²) in [4.78, 5) is 10.8. The number of hydrogen-bond acceptors (Lipinski definition) is 1. The van der Waals surface area contributed by atoms with Gasteiger partial charge in [-0.05, 0) is 0 Å². The van der Waals surface area contributed by atoms with Crippen LogP contribution in [0, 0.1) is 5.92 Å². The van der Waals surface area contributed by atoms with Crippen molar-refractivity contribution in [2.24, 2.45) is 5.92 Å². The van der Waals surface area contributed by atoms with Crippen molar-refractivity contribution in [2.75, 3.05) is 0 Å². The van der Waals surface area contributed by atoms with E-state index in [4.69, 9.17) is 34.8 Å². The lowest BCUT2D eigenvalue weighted by molar-refractivity contribution is -0.121. The zero-order valence-electron chi connectivity index (χ0n) is 5.12. The number of carbonyl (C=O) groups excluding carboxylic acids is 1. The Morgan fingerprint density at radius 1 is 1.33 bits per heavy atom. The van der Waals surface area contributed by atoms with Gasteiger partial charge in [-0.25, -0.2) is 0 Å². The van der Waals surface area contributed by atoms with Gasteiger partial charge in [-0.15, -0.1) is 0 Å². The molecule has 0 spiro atoms. The number of hydrogen-bond donors (Lipinski definition) is 0. The summed E-state index contributed by atoms with van der Waals surface area (Å²) in [5.74, 6) is -0.593. The van der Waals surface area contributed by atoms with E-state index < -0.39 is 3.79 Å². The zero-order chi connectivity index (χ0) is 7.65. The average molecular weight is 189 g/mol. The van der Waals surface area contributed by atoms with Crippen molar-refractivity contribution in [3.63, 3.8) is 0 Å². The molecule has 9 heavy (non-hydrogen) atoms. The highest BCUT2D eigenvalue weighted by molar-refractivity contribution is 6.76. The summed E-state index contributed by atoms with van der Waals surface area (Å²) in [6.45, 7) is 3.37. The maximum absolute atomic E-state index is 10.8. The molecule has 0 heterocycles. The van der Waals surface area contributed by atoms with Crippen LogP contribution < -0.4 is 0 Å². The third-order valence-electron chi connectivity index (χ3n) is 0.804. The first-order valence-corrected chi connectivity index (χ1v) is 3.60. The molecule has 4 heteroatoms. The van der Waals surface area contributed by atoms with E-state index in [1.807, 2.05) is 0 Å². The zero-order valence-corrected chi connectivity index (χ0v) is 7.39. The lowest BCUT2D eigenvalue weighted by Gasteiger charge is -2.10. The van der Waals surface area contributed by atoms with Crippen LogP contribution >= 0.6 is 34.8 Å². The van der Waals surface area contributed by atoms with Crippen LogP contribution in [-0.4, -0.2) is 9.58 Å². The molecule has 0 fully saturated rings. The van der Waals surface area contributed by atoms with Gasteiger partial charge in [-0.1, -0.05) is 48.7 Å². The number of carbonyl (C=O) groups is 1. The normalized spacial score (nSPS) is 12.2. The standard InChI is InChI=1S/C5H7Cl3O/c1-3(2)4(9)5(6,7)8/h3H,1-2H3. The van der Waals surface area contributed by atoms with Crippen molar-refractivity contribution in [3.8, 4) is 0 Å². The lowest BCUT2D eigenvalue weighted by atomic mass is 10.1. The molecular weight excluding hydrogens is 182 g/mol. The molecule has 0 aliphatic rings. The fraction of sp³-hybridized carbons (Fsp3) is 0.800. The topological polar surface area (TPSA) is 17.1 Å². The maximum atomic E-state index is 10.8. The van der Waals surface area contributed by atoms with Crippen molar-refractivity contribution in [1.82, 2.24) is 0 Å². The van der Waals surface area contributed by atoms with Crippen molar-refractivity contribution < 1.29 is 4.79 Å². The molecule has 0 saturated heterocycles. The minimum atomic E-state index is -1.74. The number of halogens is 3. The van der Waals surface area contributed by atoms with E-state index in [9.17, 15) is 4.79 Å². The van der Waals surface area contributed by atoms with Crippen LogP contribution in [0.4, 0.5) is 0 Å². The van der Waals surface area contributed by atoms with Gasteiger partial charge in [0.05, 0.1) is 0 Å². The van der Waals surface area contributed by atoms with E-state index in [0.29, 0.717) is 0 Å². The first kappa shape index (κ1) is 9.54. The van der Waals surface area contributed by atoms with Crippen LogP contribution in [0.2, 0.25) is 0 Å². The van der Waals surface area contributed by atoms with E-state index in [1.54, 1.807) is 13.8 Å². The first-order valence-electron chi connectivity index (χ1n) is 2.46. The van der Waals surface area contributed by atoms with Crippen LogP contribution in [0.3, 0.4) is 0 Å². The Hall–Kier alpha value is 0.540. The Kier molecular flexibility index (Phi) is 3.27. The van der Waals surface area contributed by atoms with E-state index >= 15 is 0 Å². The molecule has 0 bridgehead atoms. The number of Topliss-reactive ketones (excluding diaryl/α,β-unsaturated/α-hetero) is 1. The molecule has 0 aromatic carbocycles. The van der Waals surface area contributed by atoms with Crippen molar-refractivity contribution in [3.05, 3.63) is 0 Å². The second-order valence-electron chi connectivity index (χ2n) is 2.02. The van der Waals surface area contributed by atoms with Gasteiger partial charge in [0.15, 0.2) is 5.78 Å². The van der Waals surface area contributed by atoms with E-state index in [1.165, 1.54) is 0 Å². The van der Waals surface area contributed by atoms with Gasteiger partial charge in [0.25, 0.3) is 0 Å². The Labute approximate surface area is 69.3 Å². The molecule has 1 nitrogen and oxygen atoms in total. The van der Waals surface area contributed by atoms with Crippen molar-refractivity contribution in [1.29, 1.82) is 0 Å². The van der Waals surface area contributed by atoms with E-state index in [0.717, 1.165) is 0 Å². The quantitative estimate of drug-likeness (QED) is 0.580. The van der Waals surface area contributed by atoms with Crippen LogP contribution in [0.5, 0.6) is 0 Å². The summed E-state index contributed by atoms with van der Waals surface area (Å²) < 4.78 is -1.74. The molecule has 0 aliphatic heterocycles. The molecule has 0 aromatic rings. The van der Waals surface area contributed by atoms with Gasteiger partial charge in [-0.2, -0.15) is 0 Å². The molecule has 54 valence electrons. The van der Waals surface area contributed by atoms with Crippen molar-refractivity contribution in [2.45, 2.75) is 17.6 Å². The summed E-state index contributed by atoms with van der Waals surface area (Å²) in [5.41, 5.74) is 0. The monoisotopic (exact) mass is 188 g/mol. The van der Waals surface area contributed by atoms with E-state index in [2.05, 4.69) is 0 Å². The van der Waals surface area contributed by atoms with Crippen LogP contribution in [0.1, 0.15) is 13.8 Å². The van der Waals surface area contributed by atoms with Gasteiger partial charge in [0.1, 0.15) is 0 Å². The molecule has 0 saturated carbocycles. The summed E-state index contributed by atoms with van der Waals surface area (Å²) in [6.07, 6.45) is 0. The molecule has 0 N–H and O–H groups in total. The Morgan fingerprint density at radius 2 is 1.67 bits per heavy atom. The van der Waals surface area contributed by atoms with Crippen LogP contribution in [0.15, 0.2) is 0 Å². The molecule has 0 rings (SSSR count). The minimum absolute atomic E-state index is 0.225. The number of rotatable bonds is 1. The SMILES string of the molecule is CC(C)C(=O)C(Cl)(Cl)Cl. The number of ketones is 1. The molecule has 0 radical (unpaired) electrons. The maximum Gasteiger partial charge on any atom is 0.248 e. The average Bonchev–Trinajstić information content (AvgIpc) is 1.62. The Bertz CT molecular complexity index is 114. The first-order chi connectivity index (χ1) is 3.85. The number of alkyl halides is 3. The largest absolute Gasteiger partial charge is 0.295 e. The molecule has 0 atom stereocenters. The van der Waals surface area contributed by atoms with Gasteiger partial charge in [0, 0.05) is 5.92 Å². The predicted octanol–water partition coefficient (Wildman–Crippen LogP) is 2.58. The summed E-state index contributed by atoms with van der Waals surface area (Å²) in [7, 11) is 0.